The molecule has 3 aromatic carbocycles. The van der Waals surface area contributed by atoms with Crippen molar-refractivity contribution in [3.05, 3.63) is 107 Å². The van der Waals surface area contributed by atoms with Gasteiger partial charge in [0.25, 0.3) is 5.91 Å². The Morgan fingerprint density at radius 3 is 2.24 bits per heavy atom. The minimum absolute atomic E-state index is 0.00958. The van der Waals surface area contributed by atoms with E-state index in [-0.39, 0.29) is 30.7 Å². The van der Waals surface area contributed by atoms with Gasteiger partial charge in [-0.3, -0.25) is 29.1 Å². The maximum atomic E-state index is 13.7. The molecule has 0 atom stereocenters. The summed E-state index contributed by atoms with van der Waals surface area (Å²) >= 11 is 1.63. The van der Waals surface area contributed by atoms with Crippen molar-refractivity contribution >= 4 is 46.8 Å². The molecule has 4 N–H and O–H groups in total. The normalized spacial score (nSPS) is 14.2. The van der Waals surface area contributed by atoms with Crippen molar-refractivity contribution in [1.82, 2.24) is 19.7 Å². The fourth-order valence-electron chi connectivity index (χ4n) is 7.92. The van der Waals surface area contributed by atoms with Crippen LogP contribution in [0.15, 0.2) is 90.0 Å². The van der Waals surface area contributed by atoms with Crippen molar-refractivity contribution < 1.29 is 43.2 Å². The minimum Gasteiger partial charge on any atom is -0.394 e. The van der Waals surface area contributed by atoms with Crippen LogP contribution in [0.2, 0.25) is 0 Å². The SMILES string of the molecule is CN(CCOCCOCCOCCC(=O)N1CCN(CCOCCO)CC1)C(=O)Cc1cccc(SCc2cccc(C(=O)Nc3ccc(N4CCCCC4)cc3-c3cc(C(N)=O)ccn3)c2)c1. The first-order valence-electron chi connectivity index (χ1n) is 23.6. The first-order valence-corrected chi connectivity index (χ1v) is 24.6. The number of hydrogen-bond acceptors (Lipinski definition) is 13. The minimum atomic E-state index is -0.547. The van der Waals surface area contributed by atoms with Crippen LogP contribution >= 0.6 is 11.8 Å². The van der Waals surface area contributed by atoms with E-state index in [1.165, 1.54) is 6.42 Å². The number of aromatic nitrogens is 1. The number of primary amides is 1. The predicted octanol–water partition coefficient (Wildman–Crippen LogP) is 4.98. The molecular weight excluding hydrogens is 887 g/mol. The average molecular weight is 954 g/mol. The molecule has 0 saturated carbocycles. The van der Waals surface area contributed by atoms with E-state index in [2.05, 4.69) is 20.1 Å². The number of nitrogens with zero attached hydrogens (tertiary/aromatic N) is 5. The Hall–Kier alpha value is -5.40. The van der Waals surface area contributed by atoms with E-state index in [1.807, 2.05) is 65.6 Å². The fourth-order valence-corrected chi connectivity index (χ4v) is 8.84. The molecule has 0 radical (unpaired) electrons. The zero-order valence-corrected chi connectivity index (χ0v) is 40.1. The van der Waals surface area contributed by atoms with Crippen LogP contribution in [0.25, 0.3) is 11.3 Å². The van der Waals surface area contributed by atoms with Crippen molar-refractivity contribution in [3.8, 4) is 11.3 Å². The van der Waals surface area contributed by atoms with E-state index in [9.17, 15) is 19.2 Å². The van der Waals surface area contributed by atoms with Crippen molar-refractivity contribution in [3.63, 3.8) is 0 Å². The number of aliphatic hydroxyl groups is 1. The van der Waals surface area contributed by atoms with E-state index in [4.69, 9.17) is 29.8 Å². The number of carbonyl (C=O) groups excluding carboxylic acids is 4. The summed E-state index contributed by atoms with van der Waals surface area (Å²) in [6, 6.07) is 24.7. The summed E-state index contributed by atoms with van der Waals surface area (Å²) in [5.41, 5.74) is 11.2. The van der Waals surface area contributed by atoms with Gasteiger partial charge in [0, 0.05) is 98.6 Å². The number of carbonyl (C=O) groups is 4. The number of amides is 4. The van der Waals surface area contributed by atoms with Gasteiger partial charge >= 0.3 is 0 Å². The number of anilines is 2. The number of aliphatic hydroxyl groups excluding tert-OH is 1. The molecule has 366 valence electrons. The maximum absolute atomic E-state index is 13.7. The Morgan fingerprint density at radius 2 is 1.47 bits per heavy atom. The third-order valence-electron chi connectivity index (χ3n) is 11.9. The standard InChI is InChI=1S/C51H67N7O9S/c1-55(22-26-66-30-32-67-31-29-64-25-14-48(60)58-20-18-56(19-21-58)23-27-65-28-24-59)49(61)35-39-7-6-10-44(34-39)68-38-40-8-5-9-42(33-40)51(63)54-46-12-11-43(57-16-3-2-4-17-57)37-45(46)47-36-41(50(52)62)13-15-53-47/h5-13,15,33-34,36-37,59H,2-4,14,16-32,35,38H2,1H3,(H2,52,62)(H,54,63). The molecule has 4 aromatic rings. The number of thioether (sulfide) groups is 1. The lowest BCUT2D eigenvalue weighted by Gasteiger charge is -2.34. The van der Waals surface area contributed by atoms with E-state index in [0.717, 1.165) is 67.3 Å². The molecule has 6 rings (SSSR count). The number of rotatable bonds is 27. The molecule has 1 aromatic heterocycles. The van der Waals surface area contributed by atoms with Crippen LogP contribution in [0.4, 0.5) is 11.4 Å². The molecular formula is C51H67N7O9S. The van der Waals surface area contributed by atoms with Crippen LogP contribution in [0.5, 0.6) is 0 Å². The number of hydrogen-bond donors (Lipinski definition) is 3. The lowest BCUT2D eigenvalue weighted by Crippen LogP contribution is -2.49. The number of ether oxygens (including phenoxy) is 4. The van der Waals surface area contributed by atoms with Crippen LogP contribution in [-0.4, -0.2) is 167 Å². The lowest BCUT2D eigenvalue weighted by atomic mass is 10.0. The topological polar surface area (TPSA) is 189 Å². The molecule has 0 unspecified atom stereocenters. The highest BCUT2D eigenvalue weighted by molar-refractivity contribution is 7.98. The Balaban J connectivity index is 0.864. The molecule has 3 heterocycles. The van der Waals surface area contributed by atoms with Gasteiger partial charge in [0.15, 0.2) is 0 Å². The molecule has 0 bridgehead atoms. The quantitative estimate of drug-likeness (QED) is 0.0537. The molecule has 2 fully saturated rings. The summed E-state index contributed by atoms with van der Waals surface area (Å²) in [4.78, 5) is 65.1. The Bertz CT molecular complexity index is 2240. The van der Waals surface area contributed by atoms with Crippen LogP contribution in [-0.2, 0) is 40.7 Å². The Labute approximate surface area is 404 Å². The summed E-state index contributed by atoms with van der Waals surface area (Å²) < 4.78 is 22.2. The number of nitrogens with one attached hydrogen (secondary N) is 1. The van der Waals surface area contributed by atoms with Crippen LogP contribution < -0.4 is 16.0 Å². The number of likely N-dealkylation sites (N-methyl/N-ethyl adjacent to an activating group) is 1. The van der Waals surface area contributed by atoms with Gasteiger partial charge < -0.3 is 49.8 Å². The van der Waals surface area contributed by atoms with Gasteiger partial charge in [0.05, 0.1) is 83.7 Å². The predicted molar refractivity (Wildman–Crippen MR) is 264 cm³/mol. The Morgan fingerprint density at radius 1 is 0.750 bits per heavy atom. The van der Waals surface area contributed by atoms with Gasteiger partial charge in [-0.25, -0.2) is 0 Å². The number of piperidine rings is 1. The van der Waals surface area contributed by atoms with Gasteiger partial charge in [0.1, 0.15) is 0 Å². The van der Waals surface area contributed by atoms with E-state index < -0.39 is 5.91 Å². The number of nitrogens with two attached hydrogens (primary N) is 1. The highest BCUT2D eigenvalue weighted by Crippen LogP contribution is 2.33. The van der Waals surface area contributed by atoms with Crippen molar-refractivity contribution in [2.75, 3.05) is 129 Å². The van der Waals surface area contributed by atoms with Crippen LogP contribution in [0.3, 0.4) is 0 Å². The number of benzene rings is 3. The summed E-state index contributed by atoms with van der Waals surface area (Å²) in [5, 5.41) is 11.9. The van der Waals surface area contributed by atoms with Crippen LogP contribution in [0, 0.1) is 0 Å². The summed E-state index contributed by atoms with van der Waals surface area (Å²) in [5.74, 6) is -0.100. The first kappa shape index (κ1) is 52.0. The molecule has 0 aliphatic carbocycles. The summed E-state index contributed by atoms with van der Waals surface area (Å²) in [7, 11) is 1.77. The molecule has 2 aliphatic rings. The van der Waals surface area contributed by atoms with E-state index in [0.29, 0.717) is 113 Å². The van der Waals surface area contributed by atoms with Gasteiger partial charge in [0.2, 0.25) is 17.7 Å². The van der Waals surface area contributed by atoms with Crippen molar-refractivity contribution in [1.29, 1.82) is 0 Å². The lowest BCUT2D eigenvalue weighted by molar-refractivity contribution is -0.134. The molecule has 4 amide bonds. The monoisotopic (exact) mass is 953 g/mol. The third kappa shape index (κ3) is 17.0. The number of piperazine rings is 1. The van der Waals surface area contributed by atoms with Crippen LogP contribution in [0.1, 0.15) is 57.5 Å². The zero-order valence-electron chi connectivity index (χ0n) is 39.3. The molecule has 2 saturated heterocycles. The molecule has 68 heavy (non-hydrogen) atoms. The van der Waals surface area contributed by atoms with Gasteiger partial charge in [-0.05, 0) is 85.0 Å². The summed E-state index contributed by atoms with van der Waals surface area (Å²) in [6.45, 7) is 9.47. The second-order valence-corrected chi connectivity index (χ2v) is 17.8. The van der Waals surface area contributed by atoms with E-state index >= 15 is 0 Å². The zero-order chi connectivity index (χ0) is 47.9. The highest BCUT2D eigenvalue weighted by Gasteiger charge is 2.21. The van der Waals surface area contributed by atoms with Crippen molar-refractivity contribution in [2.24, 2.45) is 5.73 Å². The van der Waals surface area contributed by atoms with Gasteiger partial charge in [-0.15, -0.1) is 11.8 Å². The average Bonchev–Trinajstić information content (AvgIpc) is 3.37. The summed E-state index contributed by atoms with van der Waals surface area (Å²) in [6.07, 6.45) is 5.61. The maximum Gasteiger partial charge on any atom is 0.255 e. The number of pyridine rings is 1. The van der Waals surface area contributed by atoms with E-state index in [1.54, 1.807) is 48.1 Å². The fraction of sp³-hybridized carbons (Fsp3) is 0.471. The smallest absolute Gasteiger partial charge is 0.255 e. The first-order chi connectivity index (χ1) is 33.2. The molecule has 0 spiro atoms. The highest BCUT2D eigenvalue weighted by atomic mass is 32.2. The third-order valence-corrected chi connectivity index (χ3v) is 12.9. The van der Waals surface area contributed by atoms with Crippen molar-refractivity contribution in [2.45, 2.75) is 42.8 Å². The molecule has 2 aliphatic heterocycles. The van der Waals surface area contributed by atoms with Gasteiger partial charge in [-0.1, -0.05) is 24.3 Å². The van der Waals surface area contributed by atoms with Gasteiger partial charge in [-0.2, -0.15) is 0 Å². The Kier molecular flexibility index (Phi) is 21.5. The molecule has 17 heteroatoms. The molecule has 16 nitrogen and oxygen atoms in total. The second kappa shape index (κ2) is 28.2. The largest absolute Gasteiger partial charge is 0.394 e. The second-order valence-electron chi connectivity index (χ2n) is 16.8.